The Morgan fingerprint density at radius 2 is 1.94 bits per heavy atom. The van der Waals surface area contributed by atoms with Crippen molar-refractivity contribution in [1.82, 2.24) is 14.8 Å². The zero-order valence-corrected chi connectivity index (χ0v) is 20.0. The van der Waals surface area contributed by atoms with Gasteiger partial charge in [0, 0.05) is 24.3 Å². The highest BCUT2D eigenvalue weighted by atomic mass is 32.2. The van der Waals surface area contributed by atoms with Crippen LogP contribution >= 0.6 is 23.1 Å². The minimum atomic E-state index is -0.137. The molecule has 1 N–H and O–H groups in total. The van der Waals surface area contributed by atoms with Gasteiger partial charge in [-0.3, -0.25) is 14.2 Å². The molecular weight excluding hydrogens is 466 g/mol. The SMILES string of the molecule is O=C(CSc1nnc(-c2cccs2)n1Cc1ccccc1)Nc1cccc(N2CCCC2=O)c1. The van der Waals surface area contributed by atoms with Crippen molar-refractivity contribution in [2.45, 2.75) is 24.5 Å². The maximum Gasteiger partial charge on any atom is 0.234 e. The van der Waals surface area contributed by atoms with E-state index in [1.54, 1.807) is 16.2 Å². The Kier molecular flexibility index (Phi) is 6.73. The van der Waals surface area contributed by atoms with Crippen LogP contribution in [0.1, 0.15) is 18.4 Å². The number of hydrogen-bond acceptors (Lipinski definition) is 6. The number of benzene rings is 2. The van der Waals surface area contributed by atoms with Crippen molar-refractivity contribution >= 4 is 46.3 Å². The van der Waals surface area contributed by atoms with E-state index < -0.39 is 0 Å². The molecule has 3 heterocycles. The van der Waals surface area contributed by atoms with Gasteiger partial charge in [-0.1, -0.05) is 54.2 Å². The number of rotatable bonds is 8. The Balaban J connectivity index is 1.28. The van der Waals surface area contributed by atoms with Gasteiger partial charge in [-0.25, -0.2) is 0 Å². The molecule has 5 rings (SSSR count). The van der Waals surface area contributed by atoms with Crippen molar-refractivity contribution in [3.8, 4) is 10.7 Å². The number of hydrogen-bond donors (Lipinski definition) is 1. The van der Waals surface area contributed by atoms with E-state index in [9.17, 15) is 9.59 Å². The van der Waals surface area contributed by atoms with Gasteiger partial charge in [-0.05, 0) is 41.6 Å². The third-order valence-electron chi connectivity index (χ3n) is 5.49. The van der Waals surface area contributed by atoms with Gasteiger partial charge in [0.15, 0.2) is 11.0 Å². The van der Waals surface area contributed by atoms with Gasteiger partial charge in [-0.15, -0.1) is 21.5 Å². The van der Waals surface area contributed by atoms with E-state index in [2.05, 4.69) is 32.2 Å². The minimum Gasteiger partial charge on any atom is -0.325 e. The second kappa shape index (κ2) is 10.2. The molecule has 0 unspecified atom stereocenters. The molecule has 1 aliphatic heterocycles. The number of aromatic nitrogens is 3. The van der Waals surface area contributed by atoms with Crippen molar-refractivity contribution < 1.29 is 9.59 Å². The molecule has 0 bridgehead atoms. The molecule has 0 radical (unpaired) electrons. The van der Waals surface area contributed by atoms with Crippen molar-refractivity contribution in [3.05, 3.63) is 77.7 Å². The largest absolute Gasteiger partial charge is 0.325 e. The summed E-state index contributed by atoms with van der Waals surface area (Å²) in [5.74, 6) is 0.981. The Labute approximate surface area is 205 Å². The summed E-state index contributed by atoms with van der Waals surface area (Å²) >= 11 is 2.97. The molecule has 172 valence electrons. The Bertz CT molecular complexity index is 1290. The predicted octanol–water partition coefficient (Wildman–Crippen LogP) is 4.91. The van der Waals surface area contributed by atoms with Crippen LogP contribution in [-0.2, 0) is 16.1 Å². The van der Waals surface area contributed by atoms with Crippen LogP contribution < -0.4 is 10.2 Å². The average Bonchev–Trinajstić information content (AvgIpc) is 3.60. The van der Waals surface area contributed by atoms with E-state index in [0.29, 0.717) is 23.8 Å². The second-order valence-corrected chi connectivity index (χ2v) is 9.78. The monoisotopic (exact) mass is 489 g/mol. The van der Waals surface area contributed by atoms with Crippen molar-refractivity contribution in [1.29, 1.82) is 0 Å². The molecule has 1 aliphatic rings. The van der Waals surface area contributed by atoms with Crippen LogP contribution in [0.3, 0.4) is 0 Å². The fraction of sp³-hybridized carbons (Fsp3) is 0.200. The molecule has 0 spiro atoms. The Morgan fingerprint density at radius 1 is 1.06 bits per heavy atom. The lowest BCUT2D eigenvalue weighted by Gasteiger charge is -2.16. The summed E-state index contributed by atoms with van der Waals surface area (Å²) in [6.07, 6.45) is 1.44. The third kappa shape index (κ3) is 5.05. The van der Waals surface area contributed by atoms with Crippen LogP contribution in [0.2, 0.25) is 0 Å². The number of carbonyl (C=O) groups excluding carboxylic acids is 2. The second-order valence-electron chi connectivity index (χ2n) is 7.89. The highest BCUT2D eigenvalue weighted by Crippen LogP contribution is 2.29. The molecule has 2 aromatic heterocycles. The van der Waals surface area contributed by atoms with E-state index in [4.69, 9.17) is 0 Å². The smallest absolute Gasteiger partial charge is 0.234 e. The zero-order chi connectivity index (χ0) is 23.3. The average molecular weight is 490 g/mol. The maximum absolute atomic E-state index is 12.7. The van der Waals surface area contributed by atoms with Crippen LogP contribution in [0, 0.1) is 0 Å². The van der Waals surface area contributed by atoms with E-state index in [-0.39, 0.29) is 17.6 Å². The number of anilines is 2. The topological polar surface area (TPSA) is 80.1 Å². The number of amides is 2. The molecule has 2 amide bonds. The minimum absolute atomic E-state index is 0.123. The highest BCUT2D eigenvalue weighted by Gasteiger charge is 2.22. The van der Waals surface area contributed by atoms with E-state index in [1.165, 1.54) is 11.8 Å². The van der Waals surface area contributed by atoms with Crippen molar-refractivity contribution in [2.24, 2.45) is 0 Å². The quantitative estimate of drug-likeness (QED) is 0.356. The molecule has 0 atom stereocenters. The molecule has 2 aromatic carbocycles. The van der Waals surface area contributed by atoms with Crippen LogP contribution in [0.5, 0.6) is 0 Å². The van der Waals surface area contributed by atoms with Crippen molar-refractivity contribution in [3.63, 3.8) is 0 Å². The summed E-state index contributed by atoms with van der Waals surface area (Å²) < 4.78 is 2.05. The fourth-order valence-corrected chi connectivity index (χ4v) is 5.35. The molecule has 0 aliphatic carbocycles. The molecule has 9 heteroatoms. The van der Waals surface area contributed by atoms with E-state index in [0.717, 1.165) is 34.9 Å². The van der Waals surface area contributed by atoms with Crippen LogP contribution in [0.4, 0.5) is 11.4 Å². The lowest BCUT2D eigenvalue weighted by atomic mass is 10.2. The van der Waals surface area contributed by atoms with Crippen molar-refractivity contribution in [2.75, 3.05) is 22.5 Å². The molecular formula is C25H23N5O2S2. The van der Waals surface area contributed by atoms with Gasteiger partial charge in [0.05, 0.1) is 17.2 Å². The first-order valence-electron chi connectivity index (χ1n) is 11.0. The van der Waals surface area contributed by atoms with Crippen LogP contribution in [0.25, 0.3) is 10.7 Å². The van der Waals surface area contributed by atoms with Crippen LogP contribution in [0.15, 0.2) is 77.3 Å². The molecule has 1 saturated heterocycles. The van der Waals surface area contributed by atoms with Gasteiger partial charge >= 0.3 is 0 Å². The summed E-state index contributed by atoms with van der Waals surface area (Å²) in [5.41, 5.74) is 2.63. The standard InChI is InChI=1S/C25H23N5O2S2/c31-22(26-19-9-4-10-20(15-19)29-13-5-12-23(29)32)17-34-25-28-27-24(21-11-6-14-33-21)30(25)16-18-7-2-1-3-8-18/h1-4,6-11,14-15H,5,12-13,16-17H2,(H,26,31). The lowest BCUT2D eigenvalue weighted by molar-refractivity contribution is -0.117. The number of thiophene rings is 1. The summed E-state index contributed by atoms with van der Waals surface area (Å²) in [5, 5.41) is 14.4. The molecule has 0 saturated carbocycles. The van der Waals surface area contributed by atoms with Crippen LogP contribution in [-0.4, -0.2) is 38.9 Å². The number of carbonyl (C=O) groups is 2. The Morgan fingerprint density at radius 3 is 2.71 bits per heavy atom. The van der Waals surface area contributed by atoms with Gasteiger partial charge in [0.2, 0.25) is 11.8 Å². The first kappa shape index (κ1) is 22.4. The molecule has 7 nitrogen and oxygen atoms in total. The summed E-state index contributed by atoms with van der Waals surface area (Å²) in [6.45, 7) is 1.34. The van der Waals surface area contributed by atoms with E-state index >= 15 is 0 Å². The first-order valence-corrected chi connectivity index (χ1v) is 12.9. The number of thioether (sulfide) groups is 1. The van der Waals surface area contributed by atoms with Gasteiger partial charge in [-0.2, -0.15) is 0 Å². The molecule has 34 heavy (non-hydrogen) atoms. The fourth-order valence-electron chi connectivity index (χ4n) is 3.89. The third-order valence-corrected chi connectivity index (χ3v) is 7.32. The van der Waals surface area contributed by atoms with Gasteiger partial charge < -0.3 is 10.2 Å². The summed E-state index contributed by atoms with van der Waals surface area (Å²) in [4.78, 5) is 27.6. The number of nitrogens with zero attached hydrogens (tertiary/aromatic N) is 4. The number of nitrogens with one attached hydrogen (secondary N) is 1. The van der Waals surface area contributed by atoms with Gasteiger partial charge in [0.1, 0.15) is 0 Å². The summed E-state index contributed by atoms with van der Waals surface area (Å²) in [6, 6.07) is 21.6. The Hall–Kier alpha value is -3.43. The first-order chi connectivity index (χ1) is 16.7. The zero-order valence-electron chi connectivity index (χ0n) is 18.4. The normalized spacial score (nSPS) is 13.4. The molecule has 4 aromatic rings. The highest BCUT2D eigenvalue weighted by molar-refractivity contribution is 7.99. The maximum atomic E-state index is 12.7. The summed E-state index contributed by atoms with van der Waals surface area (Å²) in [7, 11) is 0. The lowest BCUT2D eigenvalue weighted by Crippen LogP contribution is -2.23. The van der Waals surface area contributed by atoms with E-state index in [1.807, 2.05) is 60.0 Å². The predicted molar refractivity (Wildman–Crippen MR) is 136 cm³/mol. The van der Waals surface area contributed by atoms with Gasteiger partial charge in [0.25, 0.3) is 0 Å². The molecule has 1 fully saturated rings.